The highest BCUT2D eigenvalue weighted by Crippen LogP contribution is 2.37. The quantitative estimate of drug-likeness (QED) is 0.705. The largest absolute Gasteiger partial charge is 0.141 e. The number of fused-ring (bicyclic) bond motifs is 1. The summed E-state index contributed by atoms with van der Waals surface area (Å²) in [6, 6.07) is 0. The molecule has 2 aromatic rings. The van der Waals surface area contributed by atoms with E-state index >= 15 is 0 Å². The molecule has 0 amide bonds. The van der Waals surface area contributed by atoms with Gasteiger partial charge in [0.25, 0.3) is 0 Å². The van der Waals surface area contributed by atoms with E-state index in [1.807, 2.05) is 22.7 Å². The first-order chi connectivity index (χ1) is 5.33. The van der Waals surface area contributed by atoms with E-state index in [1.54, 1.807) is 0 Å². The molecule has 0 saturated carbocycles. The maximum atomic E-state index is 3.53. The van der Waals surface area contributed by atoms with Crippen molar-refractivity contribution in [3.05, 3.63) is 20.8 Å². The van der Waals surface area contributed by atoms with Crippen LogP contribution in [0.5, 0.6) is 0 Å². The molecule has 0 N–H and O–H groups in total. The standard InChI is InChI=1S/C8H7BrS2/c1-2-5-3-10-8-6(9)4-11-7(5)8/h3-4H,2H2,1H3. The van der Waals surface area contributed by atoms with Crippen molar-refractivity contribution in [1.82, 2.24) is 0 Å². The van der Waals surface area contributed by atoms with Gasteiger partial charge >= 0.3 is 0 Å². The van der Waals surface area contributed by atoms with Crippen molar-refractivity contribution < 1.29 is 0 Å². The van der Waals surface area contributed by atoms with Crippen LogP contribution in [0.4, 0.5) is 0 Å². The van der Waals surface area contributed by atoms with Gasteiger partial charge in [0.2, 0.25) is 0 Å². The van der Waals surface area contributed by atoms with Gasteiger partial charge in [0.15, 0.2) is 0 Å². The van der Waals surface area contributed by atoms with E-state index in [1.165, 1.54) is 19.4 Å². The Morgan fingerprint density at radius 2 is 2.00 bits per heavy atom. The summed E-state index contributed by atoms with van der Waals surface area (Å²) in [6.07, 6.45) is 1.15. The van der Waals surface area contributed by atoms with Crippen LogP contribution in [-0.4, -0.2) is 0 Å². The van der Waals surface area contributed by atoms with Gasteiger partial charge in [-0.2, -0.15) is 0 Å². The smallest absolute Gasteiger partial charge is 0.0595 e. The van der Waals surface area contributed by atoms with Crippen LogP contribution in [0.2, 0.25) is 0 Å². The van der Waals surface area contributed by atoms with Crippen LogP contribution in [-0.2, 0) is 6.42 Å². The first-order valence-corrected chi connectivity index (χ1v) is 6.01. The van der Waals surface area contributed by atoms with Crippen LogP contribution in [0.3, 0.4) is 0 Å². The van der Waals surface area contributed by atoms with E-state index in [2.05, 4.69) is 33.6 Å². The molecule has 0 aliphatic carbocycles. The maximum Gasteiger partial charge on any atom is 0.0595 e. The summed E-state index contributed by atoms with van der Waals surface area (Å²) in [5.74, 6) is 0. The van der Waals surface area contributed by atoms with Crippen LogP contribution in [0.25, 0.3) is 9.40 Å². The maximum absolute atomic E-state index is 3.53. The van der Waals surface area contributed by atoms with Gasteiger partial charge in [-0.25, -0.2) is 0 Å². The van der Waals surface area contributed by atoms with E-state index in [4.69, 9.17) is 0 Å². The summed E-state index contributed by atoms with van der Waals surface area (Å²) in [4.78, 5) is 0. The molecule has 0 aliphatic heterocycles. The zero-order valence-electron chi connectivity index (χ0n) is 6.06. The molecule has 0 atom stereocenters. The Morgan fingerprint density at radius 3 is 2.73 bits per heavy atom. The predicted molar refractivity (Wildman–Crippen MR) is 56.8 cm³/mol. The molecular formula is C8H7BrS2. The van der Waals surface area contributed by atoms with Gasteiger partial charge in [-0.1, -0.05) is 6.92 Å². The SMILES string of the molecule is CCc1csc2c(Br)csc12. The fraction of sp³-hybridized carbons (Fsp3) is 0.250. The molecule has 0 bridgehead atoms. The summed E-state index contributed by atoms with van der Waals surface area (Å²) in [5, 5.41) is 4.42. The second kappa shape index (κ2) is 2.88. The highest BCUT2D eigenvalue weighted by molar-refractivity contribution is 9.10. The first kappa shape index (κ1) is 7.77. The molecule has 2 rings (SSSR count). The molecule has 3 heteroatoms. The van der Waals surface area contributed by atoms with Crippen LogP contribution in [0.15, 0.2) is 15.2 Å². The van der Waals surface area contributed by atoms with E-state index in [0.717, 1.165) is 6.42 Å². The van der Waals surface area contributed by atoms with Crippen molar-refractivity contribution in [2.45, 2.75) is 13.3 Å². The van der Waals surface area contributed by atoms with Crippen molar-refractivity contribution in [2.24, 2.45) is 0 Å². The average Bonchev–Trinajstić information content (AvgIpc) is 2.53. The number of hydrogen-bond acceptors (Lipinski definition) is 2. The van der Waals surface area contributed by atoms with Gasteiger partial charge in [0, 0.05) is 14.6 Å². The lowest BCUT2D eigenvalue weighted by Crippen LogP contribution is -1.68. The molecule has 0 aliphatic rings. The average molecular weight is 247 g/mol. The minimum absolute atomic E-state index is 1.15. The highest BCUT2D eigenvalue weighted by Gasteiger charge is 2.06. The third-order valence-electron chi connectivity index (χ3n) is 1.69. The first-order valence-electron chi connectivity index (χ1n) is 3.46. The Kier molecular flexibility index (Phi) is 2.04. The fourth-order valence-electron chi connectivity index (χ4n) is 1.08. The van der Waals surface area contributed by atoms with E-state index in [-0.39, 0.29) is 0 Å². The Bertz CT molecular complexity index is 372. The van der Waals surface area contributed by atoms with Gasteiger partial charge in [-0.3, -0.25) is 0 Å². The van der Waals surface area contributed by atoms with Crippen LogP contribution < -0.4 is 0 Å². The zero-order chi connectivity index (χ0) is 7.84. The number of aryl methyl sites for hydroxylation is 1. The zero-order valence-corrected chi connectivity index (χ0v) is 9.28. The molecule has 0 fully saturated rings. The van der Waals surface area contributed by atoms with Gasteiger partial charge in [-0.15, -0.1) is 22.7 Å². The van der Waals surface area contributed by atoms with E-state index < -0.39 is 0 Å². The van der Waals surface area contributed by atoms with E-state index in [0.29, 0.717) is 0 Å². The topological polar surface area (TPSA) is 0 Å². The molecule has 58 valence electrons. The molecule has 0 unspecified atom stereocenters. The Balaban J connectivity index is 2.77. The summed E-state index contributed by atoms with van der Waals surface area (Å²) in [5.41, 5.74) is 1.49. The fourth-order valence-corrected chi connectivity index (χ4v) is 4.28. The summed E-state index contributed by atoms with van der Waals surface area (Å²) in [7, 11) is 0. The summed E-state index contributed by atoms with van der Waals surface area (Å²) < 4.78 is 4.12. The molecule has 0 nitrogen and oxygen atoms in total. The monoisotopic (exact) mass is 246 g/mol. The van der Waals surface area contributed by atoms with Crippen LogP contribution in [0.1, 0.15) is 12.5 Å². The van der Waals surface area contributed by atoms with Crippen molar-refractivity contribution in [2.75, 3.05) is 0 Å². The third kappa shape index (κ3) is 1.15. The molecule has 2 heterocycles. The van der Waals surface area contributed by atoms with Crippen molar-refractivity contribution >= 4 is 48.0 Å². The minimum atomic E-state index is 1.15. The third-order valence-corrected chi connectivity index (χ3v) is 5.13. The summed E-state index contributed by atoms with van der Waals surface area (Å²) >= 11 is 7.20. The molecule has 0 radical (unpaired) electrons. The normalized spacial score (nSPS) is 11.1. The Morgan fingerprint density at radius 1 is 1.27 bits per heavy atom. The van der Waals surface area contributed by atoms with E-state index in [9.17, 15) is 0 Å². The highest BCUT2D eigenvalue weighted by atomic mass is 79.9. The lowest BCUT2D eigenvalue weighted by Gasteiger charge is -1.84. The van der Waals surface area contributed by atoms with Gasteiger partial charge in [-0.05, 0) is 33.3 Å². The minimum Gasteiger partial charge on any atom is -0.141 e. The van der Waals surface area contributed by atoms with Crippen molar-refractivity contribution in [3.8, 4) is 0 Å². The molecule has 2 aromatic heterocycles. The lowest BCUT2D eigenvalue weighted by atomic mass is 10.2. The predicted octanol–water partition coefficient (Wildman–Crippen LogP) is 4.29. The number of rotatable bonds is 1. The lowest BCUT2D eigenvalue weighted by molar-refractivity contribution is 1.17. The number of hydrogen-bond donors (Lipinski definition) is 0. The van der Waals surface area contributed by atoms with Crippen LogP contribution in [0, 0.1) is 0 Å². The van der Waals surface area contributed by atoms with Gasteiger partial charge in [0.1, 0.15) is 0 Å². The van der Waals surface area contributed by atoms with Crippen LogP contribution >= 0.6 is 38.6 Å². The van der Waals surface area contributed by atoms with Gasteiger partial charge < -0.3 is 0 Å². The second-order valence-corrected chi connectivity index (χ2v) is 4.97. The van der Waals surface area contributed by atoms with Gasteiger partial charge in [0.05, 0.1) is 4.70 Å². The molecular weight excluding hydrogens is 240 g/mol. The number of thiophene rings is 2. The second-order valence-electron chi connectivity index (χ2n) is 2.36. The molecule has 0 spiro atoms. The summed E-state index contributed by atoms with van der Waals surface area (Å²) in [6.45, 7) is 2.20. The molecule has 0 saturated heterocycles. The molecule has 0 aromatic carbocycles. The Hall–Kier alpha value is 0.140. The number of halogens is 1. The Labute approximate surface area is 82.0 Å². The van der Waals surface area contributed by atoms with Crippen molar-refractivity contribution in [1.29, 1.82) is 0 Å². The van der Waals surface area contributed by atoms with Crippen molar-refractivity contribution in [3.63, 3.8) is 0 Å². The molecule has 11 heavy (non-hydrogen) atoms.